The Kier molecular flexibility index (Phi) is 3.76. The number of rotatable bonds is 5. The molecule has 1 saturated carbocycles. The molecule has 1 atom stereocenters. The van der Waals surface area contributed by atoms with Crippen LogP contribution in [0.3, 0.4) is 0 Å². The van der Waals surface area contributed by atoms with Crippen molar-refractivity contribution < 1.29 is 0 Å². The average molecular weight is 261 g/mol. The molecule has 0 bridgehead atoms. The van der Waals surface area contributed by atoms with Gasteiger partial charge in [0.25, 0.3) is 0 Å². The van der Waals surface area contributed by atoms with Crippen molar-refractivity contribution in [3.05, 3.63) is 40.3 Å². The lowest BCUT2D eigenvalue weighted by Gasteiger charge is -2.23. The van der Waals surface area contributed by atoms with Gasteiger partial charge in [0.15, 0.2) is 0 Å². The summed E-state index contributed by atoms with van der Waals surface area (Å²) in [7, 11) is 0. The van der Waals surface area contributed by atoms with E-state index in [1.165, 1.54) is 36.1 Å². The number of hydrogen-bond donors (Lipinski definition) is 2. The summed E-state index contributed by atoms with van der Waals surface area (Å²) in [5.41, 5.74) is 1.23. The maximum absolute atomic E-state index is 4.00. The molecular weight excluding hydrogens is 242 g/mol. The highest BCUT2D eigenvalue weighted by molar-refractivity contribution is 7.10. The molecule has 1 aliphatic rings. The molecule has 2 aromatic heterocycles. The third-order valence-electron chi connectivity index (χ3n) is 3.80. The Balaban J connectivity index is 1.69. The van der Waals surface area contributed by atoms with Gasteiger partial charge < -0.3 is 5.32 Å². The van der Waals surface area contributed by atoms with Gasteiger partial charge in [0, 0.05) is 29.2 Å². The summed E-state index contributed by atoms with van der Waals surface area (Å²) in [6, 6.07) is 4.93. The minimum atomic E-state index is 0.516. The second-order valence-electron chi connectivity index (χ2n) is 5.03. The van der Waals surface area contributed by atoms with Crippen LogP contribution in [-0.4, -0.2) is 10.2 Å². The van der Waals surface area contributed by atoms with Gasteiger partial charge in [-0.05, 0) is 30.2 Å². The van der Waals surface area contributed by atoms with Crippen LogP contribution in [0.1, 0.15) is 42.2 Å². The van der Waals surface area contributed by atoms with E-state index in [-0.39, 0.29) is 0 Å². The number of nitrogens with one attached hydrogen (secondary N) is 2. The van der Waals surface area contributed by atoms with Crippen LogP contribution in [0.2, 0.25) is 0 Å². The lowest BCUT2D eigenvalue weighted by atomic mass is 9.96. The molecule has 2 aromatic rings. The maximum Gasteiger partial charge on any atom is 0.0532 e. The Hall–Kier alpha value is -1.13. The zero-order valence-electron chi connectivity index (χ0n) is 10.4. The third-order valence-corrected chi connectivity index (χ3v) is 4.76. The quantitative estimate of drug-likeness (QED) is 0.865. The molecule has 0 spiro atoms. The van der Waals surface area contributed by atoms with Gasteiger partial charge in [-0.3, -0.25) is 5.10 Å². The fourth-order valence-electron chi connectivity index (χ4n) is 2.86. The van der Waals surface area contributed by atoms with Crippen molar-refractivity contribution in [2.75, 3.05) is 0 Å². The molecule has 1 unspecified atom stereocenters. The van der Waals surface area contributed by atoms with E-state index in [0.717, 1.165) is 12.5 Å². The highest BCUT2D eigenvalue weighted by atomic mass is 32.1. The number of H-pyrrole nitrogens is 1. The van der Waals surface area contributed by atoms with Gasteiger partial charge in [0.05, 0.1) is 6.20 Å². The van der Waals surface area contributed by atoms with E-state index in [0.29, 0.717) is 6.04 Å². The molecule has 0 aliphatic heterocycles. The standard InChI is InChI=1S/C14H19N3S/c1-2-5-12(4-1)14(13-6-3-7-18-13)15-8-11-9-16-17-10-11/h3,6-7,9-10,12,14-15H,1-2,4-5,8H2,(H,16,17). The van der Waals surface area contributed by atoms with E-state index in [4.69, 9.17) is 0 Å². The number of hydrogen-bond acceptors (Lipinski definition) is 3. The van der Waals surface area contributed by atoms with Gasteiger partial charge in [0.2, 0.25) is 0 Å². The van der Waals surface area contributed by atoms with Gasteiger partial charge in [-0.25, -0.2) is 0 Å². The van der Waals surface area contributed by atoms with Crippen LogP contribution in [0.25, 0.3) is 0 Å². The minimum Gasteiger partial charge on any atom is -0.305 e. The van der Waals surface area contributed by atoms with Crippen molar-refractivity contribution >= 4 is 11.3 Å². The lowest BCUT2D eigenvalue weighted by molar-refractivity contribution is 0.371. The van der Waals surface area contributed by atoms with Crippen molar-refractivity contribution in [3.8, 4) is 0 Å². The molecular formula is C14H19N3S. The van der Waals surface area contributed by atoms with Crippen LogP contribution in [0.4, 0.5) is 0 Å². The smallest absolute Gasteiger partial charge is 0.0532 e. The van der Waals surface area contributed by atoms with Crippen LogP contribution in [0, 0.1) is 5.92 Å². The summed E-state index contributed by atoms with van der Waals surface area (Å²) in [5.74, 6) is 0.801. The Morgan fingerprint density at radius 1 is 1.44 bits per heavy atom. The Labute approximate surface area is 112 Å². The van der Waals surface area contributed by atoms with Crippen LogP contribution in [-0.2, 0) is 6.54 Å². The van der Waals surface area contributed by atoms with Crippen LogP contribution in [0.5, 0.6) is 0 Å². The second-order valence-corrected chi connectivity index (χ2v) is 6.00. The molecule has 1 aliphatic carbocycles. The molecule has 0 radical (unpaired) electrons. The molecule has 1 fully saturated rings. The highest BCUT2D eigenvalue weighted by Crippen LogP contribution is 2.37. The van der Waals surface area contributed by atoms with Gasteiger partial charge in [-0.2, -0.15) is 5.10 Å². The monoisotopic (exact) mass is 261 g/mol. The zero-order chi connectivity index (χ0) is 12.2. The van der Waals surface area contributed by atoms with Crippen molar-refractivity contribution in [1.82, 2.24) is 15.5 Å². The van der Waals surface area contributed by atoms with E-state index in [9.17, 15) is 0 Å². The molecule has 2 heterocycles. The summed E-state index contributed by atoms with van der Waals surface area (Å²) in [4.78, 5) is 1.48. The first-order valence-corrected chi connectivity index (χ1v) is 7.56. The zero-order valence-corrected chi connectivity index (χ0v) is 11.2. The van der Waals surface area contributed by atoms with Crippen molar-refractivity contribution in [3.63, 3.8) is 0 Å². The number of aromatic amines is 1. The first kappa shape index (κ1) is 11.9. The molecule has 0 saturated heterocycles. The normalized spacial score (nSPS) is 18.2. The Morgan fingerprint density at radius 2 is 2.33 bits per heavy atom. The van der Waals surface area contributed by atoms with E-state index < -0.39 is 0 Å². The number of aromatic nitrogens is 2. The van der Waals surface area contributed by atoms with Crippen LogP contribution >= 0.6 is 11.3 Å². The molecule has 4 heteroatoms. The maximum atomic E-state index is 4.00. The topological polar surface area (TPSA) is 40.7 Å². The van der Waals surface area contributed by atoms with Gasteiger partial charge in [-0.1, -0.05) is 18.9 Å². The van der Waals surface area contributed by atoms with Gasteiger partial charge in [0.1, 0.15) is 0 Å². The lowest BCUT2D eigenvalue weighted by Crippen LogP contribution is -2.25. The average Bonchev–Trinajstić information content (AvgIpc) is 3.14. The molecule has 18 heavy (non-hydrogen) atoms. The Bertz CT molecular complexity index is 443. The first-order valence-electron chi connectivity index (χ1n) is 6.68. The highest BCUT2D eigenvalue weighted by Gasteiger charge is 2.26. The van der Waals surface area contributed by atoms with Gasteiger partial charge >= 0.3 is 0 Å². The fraction of sp³-hybridized carbons (Fsp3) is 0.500. The minimum absolute atomic E-state index is 0.516. The predicted molar refractivity (Wildman–Crippen MR) is 74.4 cm³/mol. The summed E-state index contributed by atoms with van der Waals surface area (Å²) in [5, 5.41) is 12.8. The van der Waals surface area contributed by atoms with E-state index in [1.807, 2.05) is 23.7 Å². The largest absolute Gasteiger partial charge is 0.305 e. The van der Waals surface area contributed by atoms with E-state index in [2.05, 4.69) is 33.0 Å². The van der Waals surface area contributed by atoms with Crippen molar-refractivity contribution in [2.45, 2.75) is 38.3 Å². The number of thiophene rings is 1. The predicted octanol–water partition coefficient (Wildman–Crippen LogP) is 3.49. The summed E-state index contributed by atoms with van der Waals surface area (Å²) in [6.07, 6.45) is 9.36. The molecule has 0 aromatic carbocycles. The molecule has 0 amide bonds. The van der Waals surface area contributed by atoms with Crippen LogP contribution in [0.15, 0.2) is 29.9 Å². The molecule has 96 valence electrons. The third kappa shape index (κ3) is 2.65. The summed E-state index contributed by atoms with van der Waals surface area (Å²) < 4.78 is 0. The molecule has 3 nitrogen and oxygen atoms in total. The molecule has 2 N–H and O–H groups in total. The van der Waals surface area contributed by atoms with Crippen molar-refractivity contribution in [1.29, 1.82) is 0 Å². The second kappa shape index (κ2) is 5.67. The van der Waals surface area contributed by atoms with E-state index >= 15 is 0 Å². The van der Waals surface area contributed by atoms with Crippen molar-refractivity contribution in [2.24, 2.45) is 5.92 Å². The summed E-state index contributed by atoms with van der Waals surface area (Å²) >= 11 is 1.87. The molecule has 3 rings (SSSR count). The number of nitrogens with zero attached hydrogens (tertiary/aromatic N) is 1. The summed E-state index contributed by atoms with van der Waals surface area (Å²) in [6.45, 7) is 0.898. The van der Waals surface area contributed by atoms with E-state index in [1.54, 1.807) is 0 Å². The fourth-order valence-corrected chi connectivity index (χ4v) is 3.75. The van der Waals surface area contributed by atoms with Crippen LogP contribution < -0.4 is 5.32 Å². The van der Waals surface area contributed by atoms with Gasteiger partial charge in [-0.15, -0.1) is 11.3 Å². The Morgan fingerprint density at radius 3 is 3.00 bits per heavy atom. The first-order chi connectivity index (χ1) is 8.93. The SMILES string of the molecule is c1csc(C(NCc2cn[nH]c2)C2CCCC2)c1.